The molecule has 1 aromatic rings. The molecule has 2 heterocycles. The second-order valence-electron chi connectivity index (χ2n) is 6.33. The molecule has 3 rings (SSSR count). The summed E-state index contributed by atoms with van der Waals surface area (Å²) >= 11 is 1.63. The van der Waals surface area contributed by atoms with E-state index in [4.69, 9.17) is 0 Å². The number of pyridine rings is 1. The number of halogens is 2. The number of amides is 1. The Bertz CT molecular complexity index is 679. The van der Waals surface area contributed by atoms with Gasteiger partial charge in [0.2, 0.25) is 5.91 Å². The molecule has 1 aliphatic carbocycles. The zero-order chi connectivity index (χ0) is 17.8. The van der Waals surface area contributed by atoms with E-state index in [1.807, 2.05) is 0 Å². The summed E-state index contributed by atoms with van der Waals surface area (Å²) in [4.78, 5) is 23.9. The average molecular weight is 372 g/mol. The van der Waals surface area contributed by atoms with Gasteiger partial charge >= 0.3 is 0 Å². The molecule has 1 saturated heterocycles. The minimum absolute atomic E-state index is 0.0241. The number of alkyl halides is 1. The van der Waals surface area contributed by atoms with Crippen LogP contribution in [0.1, 0.15) is 25.7 Å². The Hall–Kier alpha value is -1.45. The highest BCUT2D eigenvalue weighted by molar-refractivity contribution is 8.00. The van der Waals surface area contributed by atoms with Gasteiger partial charge in [0, 0.05) is 24.1 Å². The van der Waals surface area contributed by atoms with E-state index in [2.05, 4.69) is 16.0 Å². The van der Waals surface area contributed by atoms with Gasteiger partial charge in [0.1, 0.15) is 12.2 Å². The maximum atomic E-state index is 13.6. The monoisotopic (exact) mass is 372 g/mol. The van der Waals surface area contributed by atoms with E-state index in [0.29, 0.717) is 11.8 Å². The number of nitrogens with zero attached hydrogens (tertiary/aromatic N) is 1. The van der Waals surface area contributed by atoms with Crippen LogP contribution >= 0.6 is 11.8 Å². The molecule has 138 valence electrons. The Morgan fingerprint density at radius 1 is 1.40 bits per heavy atom. The van der Waals surface area contributed by atoms with Crippen molar-refractivity contribution in [3.63, 3.8) is 0 Å². The van der Waals surface area contributed by atoms with E-state index in [9.17, 15) is 18.4 Å². The molecule has 0 bridgehead atoms. The Morgan fingerprint density at radius 3 is 2.88 bits per heavy atom. The average Bonchev–Trinajstić information content (AvgIpc) is 3.25. The molecule has 1 saturated carbocycles. The standard InChI is InChI=1S/C16H22F2N4O2S/c17-5-6-22-8-11(7-12(18)15(22)24)19-14(23)13-9-25-16(21-13)20-10-3-1-2-4-10/h7-8,10,13,16,20-21H,1-6,9H2,(H,19,23). The minimum atomic E-state index is -1.01. The van der Waals surface area contributed by atoms with Gasteiger partial charge in [0.25, 0.3) is 5.56 Å². The maximum Gasteiger partial charge on any atom is 0.286 e. The summed E-state index contributed by atoms with van der Waals surface area (Å²) in [5.41, 5.74) is -0.725. The number of aryl methyl sites for hydroxylation is 1. The van der Waals surface area contributed by atoms with Gasteiger partial charge in [0.15, 0.2) is 5.82 Å². The Balaban J connectivity index is 1.58. The molecule has 0 aromatic carbocycles. The van der Waals surface area contributed by atoms with Crippen LogP contribution in [-0.4, -0.2) is 40.5 Å². The lowest BCUT2D eigenvalue weighted by molar-refractivity contribution is -0.117. The van der Waals surface area contributed by atoms with Crippen molar-refractivity contribution in [3.8, 4) is 0 Å². The minimum Gasteiger partial charge on any atom is -0.323 e. The first kappa shape index (κ1) is 18.3. The van der Waals surface area contributed by atoms with Crippen LogP contribution in [0.5, 0.6) is 0 Å². The van der Waals surface area contributed by atoms with Gasteiger partial charge in [-0.25, -0.2) is 8.78 Å². The van der Waals surface area contributed by atoms with E-state index < -0.39 is 24.1 Å². The molecule has 1 aromatic heterocycles. The summed E-state index contributed by atoms with van der Waals surface area (Å²) in [5.74, 6) is -0.711. The fourth-order valence-electron chi connectivity index (χ4n) is 3.18. The molecule has 6 nitrogen and oxygen atoms in total. The number of hydrogen-bond acceptors (Lipinski definition) is 5. The summed E-state index contributed by atoms with van der Waals surface area (Å²) in [6, 6.07) is 1.05. The van der Waals surface area contributed by atoms with Crippen molar-refractivity contribution in [1.29, 1.82) is 0 Å². The van der Waals surface area contributed by atoms with Gasteiger partial charge in [-0.1, -0.05) is 12.8 Å². The van der Waals surface area contributed by atoms with Crippen molar-refractivity contribution in [3.05, 3.63) is 28.4 Å². The first-order valence-corrected chi connectivity index (χ1v) is 9.52. The number of rotatable bonds is 6. The van der Waals surface area contributed by atoms with Crippen molar-refractivity contribution < 1.29 is 13.6 Å². The lowest BCUT2D eigenvalue weighted by Gasteiger charge is -2.19. The second-order valence-corrected chi connectivity index (χ2v) is 7.47. The van der Waals surface area contributed by atoms with Crippen LogP contribution in [0.3, 0.4) is 0 Å². The number of carbonyl (C=O) groups is 1. The predicted molar refractivity (Wildman–Crippen MR) is 93.8 cm³/mol. The highest BCUT2D eigenvalue weighted by Crippen LogP contribution is 2.23. The smallest absolute Gasteiger partial charge is 0.286 e. The summed E-state index contributed by atoms with van der Waals surface area (Å²) in [5, 5.41) is 9.32. The molecular weight excluding hydrogens is 350 g/mol. The van der Waals surface area contributed by atoms with Crippen LogP contribution in [0.4, 0.5) is 14.5 Å². The first-order valence-electron chi connectivity index (χ1n) is 8.47. The van der Waals surface area contributed by atoms with Crippen LogP contribution in [0.25, 0.3) is 0 Å². The maximum absolute atomic E-state index is 13.6. The molecule has 2 unspecified atom stereocenters. The quantitative estimate of drug-likeness (QED) is 0.704. The third-order valence-electron chi connectivity index (χ3n) is 4.48. The van der Waals surface area contributed by atoms with E-state index in [1.165, 1.54) is 19.0 Å². The SMILES string of the molecule is O=C(Nc1cc(F)c(=O)n(CCF)c1)C1CSC(NC2CCCC2)N1. The highest BCUT2D eigenvalue weighted by Gasteiger charge is 2.31. The van der Waals surface area contributed by atoms with Crippen LogP contribution in [0.2, 0.25) is 0 Å². The molecule has 1 amide bonds. The van der Waals surface area contributed by atoms with E-state index in [-0.39, 0.29) is 23.6 Å². The van der Waals surface area contributed by atoms with Crippen molar-refractivity contribution >= 4 is 23.4 Å². The molecular formula is C16H22F2N4O2S. The van der Waals surface area contributed by atoms with Crippen molar-refractivity contribution in [2.75, 3.05) is 17.7 Å². The molecule has 25 heavy (non-hydrogen) atoms. The van der Waals surface area contributed by atoms with Gasteiger partial charge in [-0.05, 0) is 12.8 Å². The lowest BCUT2D eigenvalue weighted by atomic mass is 10.2. The molecule has 0 spiro atoms. The van der Waals surface area contributed by atoms with Crippen LogP contribution in [-0.2, 0) is 11.3 Å². The molecule has 2 aliphatic rings. The fraction of sp³-hybridized carbons (Fsp3) is 0.625. The zero-order valence-corrected chi connectivity index (χ0v) is 14.6. The van der Waals surface area contributed by atoms with E-state index in [0.717, 1.165) is 23.5 Å². The van der Waals surface area contributed by atoms with Crippen LogP contribution in [0, 0.1) is 5.82 Å². The topological polar surface area (TPSA) is 75.2 Å². The number of carbonyl (C=O) groups excluding carboxylic acids is 1. The van der Waals surface area contributed by atoms with Crippen LogP contribution in [0.15, 0.2) is 17.1 Å². The molecule has 1 aliphatic heterocycles. The number of hydrogen-bond donors (Lipinski definition) is 3. The zero-order valence-electron chi connectivity index (χ0n) is 13.8. The lowest BCUT2D eigenvalue weighted by Crippen LogP contribution is -2.47. The molecule has 3 N–H and O–H groups in total. The molecule has 0 radical (unpaired) electrons. The molecule has 9 heteroatoms. The summed E-state index contributed by atoms with van der Waals surface area (Å²) < 4.78 is 27.0. The van der Waals surface area contributed by atoms with Crippen molar-refractivity contribution in [1.82, 2.24) is 15.2 Å². The summed E-state index contributed by atoms with van der Waals surface area (Å²) in [7, 11) is 0. The van der Waals surface area contributed by atoms with Gasteiger partial charge in [-0.2, -0.15) is 0 Å². The van der Waals surface area contributed by atoms with Gasteiger partial charge in [-0.15, -0.1) is 11.8 Å². The Labute approximate surface area is 148 Å². The molecule has 2 fully saturated rings. The number of nitrogens with one attached hydrogen (secondary N) is 3. The van der Waals surface area contributed by atoms with E-state index in [1.54, 1.807) is 11.8 Å². The first-order chi connectivity index (χ1) is 12.1. The highest BCUT2D eigenvalue weighted by atomic mass is 32.2. The second kappa shape index (κ2) is 8.29. The summed E-state index contributed by atoms with van der Waals surface area (Å²) in [6.45, 7) is -1.03. The molecule has 2 atom stereocenters. The van der Waals surface area contributed by atoms with Gasteiger partial charge < -0.3 is 9.88 Å². The largest absolute Gasteiger partial charge is 0.323 e. The predicted octanol–water partition coefficient (Wildman–Crippen LogP) is 1.42. The van der Waals surface area contributed by atoms with Gasteiger partial charge in [-0.3, -0.25) is 20.2 Å². The third kappa shape index (κ3) is 4.59. The van der Waals surface area contributed by atoms with Crippen molar-refractivity contribution in [2.24, 2.45) is 0 Å². The van der Waals surface area contributed by atoms with Gasteiger partial charge in [0.05, 0.1) is 18.3 Å². The number of thioether (sulfide) groups is 1. The Kier molecular flexibility index (Phi) is 6.08. The summed E-state index contributed by atoms with van der Waals surface area (Å²) in [6.07, 6.45) is 6.05. The van der Waals surface area contributed by atoms with Crippen molar-refractivity contribution in [2.45, 2.75) is 49.8 Å². The normalized spacial score (nSPS) is 23.9. The van der Waals surface area contributed by atoms with Crippen LogP contribution < -0.4 is 21.5 Å². The number of aromatic nitrogens is 1. The third-order valence-corrected chi connectivity index (χ3v) is 5.61. The fourth-order valence-corrected chi connectivity index (χ4v) is 4.36. The Morgan fingerprint density at radius 2 is 2.16 bits per heavy atom. The van der Waals surface area contributed by atoms with E-state index >= 15 is 0 Å². The number of anilines is 1.